The summed E-state index contributed by atoms with van der Waals surface area (Å²) in [6, 6.07) is 7.23. The van der Waals surface area contributed by atoms with Gasteiger partial charge >= 0.3 is 0 Å². The number of anilines is 2. The van der Waals surface area contributed by atoms with E-state index in [-0.39, 0.29) is 5.91 Å². The summed E-state index contributed by atoms with van der Waals surface area (Å²) in [5.41, 5.74) is 7.13. The van der Waals surface area contributed by atoms with E-state index in [9.17, 15) is 4.79 Å². The number of carbonyl (C=O) groups is 1. The fourth-order valence-electron chi connectivity index (χ4n) is 1.72. The highest BCUT2D eigenvalue weighted by molar-refractivity contribution is 5.94. The Morgan fingerprint density at radius 3 is 2.76 bits per heavy atom. The van der Waals surface area contributed by atoms with Crippen molar-refractivity contribution in [1.82, 2.24) is 5.06 Å². The molecule has 1 heterocycles. The third-order valence-electron chi connectivity index (χ3n) is 2.79. The number of amides is 1. The third-order valence-corrected chi connectivity index (χ3v) is 2.79. The molecule has 92 valence electrons. The smallest absolute Gasteiger partial charge is 0.243 e. The number of rotatable bonds is 3. The summed E-state index contributed by atoms with van der Waals surface area (Å²) in [4.78, 5) is 18.9. The van der Waals surface area contributed by atoms with Crippen LogP contribution in [0.25, 0.3) is 0 Å². The van der Waals surface area contributed by atoms with Crippen LogP contribution < -0.4 is 10.6 Å². The van der Waals surface area contributed by atoms with Crippen molar-refractivity contribution in [2.75, 3.05) is 37.4 Å². The van der Waals surface area contributed by atoms with Crippen LogP contribution in [0.1, 0.15) is 6.42 Å². The highest BCUT2D eigenvalue weighted by atomic mass is 16.7. The van der Waals surface area contributed by atoms with Crippen molar-refractivity contribution in [3.8, 4) is 0 Å². The fraction of sp³-hybridized carbons (Fsp3) is 0.417. The average molecular weight is 235 g/mol. The van der Waals surface area contributed by atoms with Gasteiger partial charge in [0.1, 0.15) is 6.54 Å². The number of nitrogen functional groups attached to an aromatic ring is 1. The molecule has 1 saturated heterocycles. The number of carbonyl (C=O) groups excluding carboxylic acids is 1. The number of likely N-dealkylation sites (N-methyl/N-ethyl adjacent to an activating group) is 1. The number of hydroxylamine groups is 2. The van der Waals surface area contributed by atoms with Crippen LogP contribution in [-0.2, 0) is 9.63 Å². The molecule has 0 radical (unpaired) electrons. The Labute approximate surface area is 101 Å². The van der Waals surface area contributed by atoms with Gasteiger partial charge in [-0.15, -0.1) is 0 Å². The zero-order valence-electron chi connectivity index (χ0n) is 9.93. The van der Waals surface area contributed by atoms with Crippen molar-refractivity contribution >= 4 is 17.3 Å². The minimum atomic E-state index is 0.0108. The third kappa shape index (κ3) is 2.95. The van der Waals surface area contributed by atoms with E-state index in [0.717, 1.165) is 18.7 Å². The number of nitrogens with zero attached hydrogens (tertiary/aromatic N) is 2. The summed E-state index contributed by atoms with van der Waals surface area (Å²) in [6.07, 6.45) is 0.985. The molecule has 2 N–H and O–H groups in total. The van der Waals surface area contributed by atoms with E-state index in [1.54, 1.807) is 29.1 Å². The molecule has 2 rings (SSSR count). The van der Waals surface area contributed by atoms with Crippen LogP contribution in [0.15, 0.2) is 24.3 Å². The maximum atomic E-state index is 12.0. The van der Waals surface area contributed by atoms with Crippen LogP contribution in [0, 0.1) is 0 Å². The van der Waals surface area contributed by atoms with Gasteiger partial charge in [0.2, 0.25) is 5.91 Å². The number of hydrogen-bond donors (Lipinski definition) is 1. The first-order valence-corrected chi connectivity index (χ1v) is 5.67. The minimum Gasteiger partial charge on any atom is -0.399 e. The Kier molecular flexibility index (Phi) is 3.61. The van der Waals surface area contributed by atoms with Crippen molar-refractivity contribution in [3.05, 3.63) is 24.3 Å². The zero-order chi connectivity index (χ0) is 12.3. The van der Waals surface area contributed by atoms with Crippen molar-refractivity contribution in [2.45, 2.75) is 6.42 Å². The topological polar surface area (TPSA) is 58.8 Å². The summed E-state index contributed by atoms with van der Waals surface area (Å²) in [6.45, 7) is 1.82. The van der Waals surface area contributed by atoms with Crippen molar-refractivity contribution in [2.24, 2.45) is 0 Å². The highest BCUT2D eigenvalue weighted by Gasteiger charge is 2.19. The van der Waals surface area contributed by atoms with Gasteiger partial charge in [0.25, 0.3) is 0 Å². The van der Waals surface area contributed by atoms with E-state index in [1.165, 1.54) is 0 Å². The van der Waals surface area contributed by atoms with Gasteiger partial charge in [0.15, 0.2) is 0 Å². The molecule has 0 bridgehead atoms. The Bertz CT molecular complexity index is 385. The molecule has 1 aromatic rings. The largest absolute Gasteiger partial charge is 0.399 e. The van der Waals surface area contributed by atoms with Crippen molar-refractivity contribution in [3.63, 3.8) is 0 Å². The van der Waals surface area contributed by atoms with Gasteiger partial charge in [-0.25, -0.2) is 0 Å². The lowest BCUT2D eigenvalue weighted by atomic mass is 10.2. The van der Waals surface area contributed by atoms with E-state index in [0.29, 0.717) is 18.8 Å². The molecule has 1 aromatic carbocycles. The Hall–Kier alpha value is -1.59. The molecule has 5 nitrogen and oxygen atoms in total. The molecule has 0 saturated carbocycles. The molecule has 17 heavy (non-hydrogen) atoms. The molecule has 5 heteroatoms. The van der Waals surface area contributed by atoms with Crippen LogP contribution in [-0.4, -0.2) is 37.7 Å². The SMILES string of the molecule is CN(C(=O)CN1CCCO1)c1ccc(N)cc1. The lowest BCUT2D eigenvalue weighted by Gasteiger charge is -2.20. The fourth-order valence-corrected chi connectivity index (χ4v) is 1.72. The van der Waals surface area contributed by atoms with Crippen LogP contribution in [0.2, 0.25) is 0 Å². The first kappa shape index (κ1) is 11.9. The average Bonchev–Trinajstić information content (AvgIpc) is 2.82. The minimum absolute atomic E-state index is 0.0108. The summed E-state index contributed by atoms with van der Waals surface area (Å²) in [5.74, 6) is 0.0108. The molecule has 0 unspecified atom stereocenters. The number of benzene rings is 1. The van der Waals surface area contributed by atoms with Crippen LogP contribution in [0.3, 0.4) is 0 Å². The molecule has 1 aliphatic heterocycles. The molecular formula is C12H17N3O2. The Balaban J connectivity index is 1.96. The van der Waals surface area contributed by atoms with Gasteiger partial charge < -0.3 is 10.6 Å². The standard InChI is InChI=1S/C12H17N3O2/c1-14(11-5-3-10(13)4-6-11)12(16)9-15-7-2-8-17-15/h3-6H,2,7-9,13H2,1H3. The molecule has 1 fully saturated rings. The Morgan fingerprint density at radius 1 is 1.47 bits per heavy atom. The summed E-state index contributed by atoms with van der Waals surface area (Å²) in [7, 11) is 1.75. The van der Waals surface area contributed by atoms with Gasteiger partial charge in [0, 0.05) is 25.0 Å². The van der Waals surface area contributed by atoms with E-state index >= 15 is 0 Å². The first-order chi connectivity index (χ1) is 8.16. The monoisotopic (exact) mass is 235 g/mol. The number of hydrogen-bond acceptors (Lipinski definition) is 4. The second-order valence-corrected chi connectivity index (χ2v) is 4.09. The van der Waals surface area contributed by atoms with Gasteiger partial charge in [-0.05, 0) is 30.7 Å². The van der Waals surface area contributed by atoms with Crippen molar-refractivity contribution < 1.29 is 9.63 Å². The van der Waals surface area contributed by atoms with E-state index in [2.05, 4.69) is 0 Å². The molecule has 0 atom stereocenters. The maximum absolute atomic E-state index is 12.0. The van der Waals surface area contributed by atoms with Gasteiger partial charge in [-0.2, -0.15) is 5.06 Å². The van der Waals surface area contributed by atoms with Gasteiger partial charge in [-0.3, -0.25) is 9.63 Å². The van der Waals surface area contributed by atoms with Gasteiger partial charge in [-0.1, -0.05) is 0 Å². The lowest BCUT2D eigenvalue weighted by molar-refractivity contribution is -0.139. The van der Waals surface area contributed by atoms with Crippen LogP contribution in [0.4, 0.5) is 11.4 Å². The second kappa shape index (κ2) is 5.16. The molecular weight excluding hydrogens is 218 g/mol. The maximum Gasteiger partial charge on any atom is 0.243 e. The first-order valence-electron chi connectivity index (χ1n) is 5.67. The molecule has 1 aliphatic rings. The zero-order valence-corrected chi connectivity index (χ0v) is 9.93. The molecule has 0 spiro atoms. The lowest BCUT2D eigenvalue weighted by Crippen LogP contribution is -2.36. The summed E-state index contributed by atoms with van der Waals surface area (Å²) < 4.78 is 0. The predicted molar refractivity (Wildman–Crippen MR) is 66.4 cm³/mol. The van der Waals surface area contributed by atoms with E-state index < -0.39 is 0 Å². The summed E-state index contributed by atoms with van der Waals surface area (Å²) >= 11 is 0. The normalized spacial score (nSPS) is 16.1. The Morgan fingerprint density at radius 2 is 2.18 bits per heavy atom. The van der Waals surface area contributed by atoms with E-state index in [4.69, 9.17) is 10.6 Å². The van der Waals surface area contributed by atoms with Gasteiger partial charge in [0.05, 0.1) is 6.61 Å². The van der Waals surface area contributed by atoms with Crippen LogP contribution >= 0.6 is 0 Å². The molecule has 1 amide bonds. The summed E-state index contributed by atoms with van der Waals surface area (Å²) in [5, 5.41) is 1.70. The second-order valence-electron chi connectivity index (χ2n) is 4.09. The predicted octanol–water partition coefficient (Wildman–Crippen LogP) is 0.869. The quantitative estimate of drug-likeness (QED) is 0.790. The highest BCUT2D eigenvalue weighted by Crippen LogP contribution is 2.15. The van der Waals surface area contributed by atoms with Crippen molar-refractivity contribution in [1.29, 1.82) is 0 Å². The molecule has 0 aromatic heterocycles. The number of nitrogens with two attached hydrogens (primary N) is 1. The van der Waals surface area contributed by atoms with E-state index in [1.807, 2.05) is 12.1 Å². The van der Waals surface area contributed by atoms with Crippen LogP contribution in [0.5, 0.6) is 0 Å². The molecule has 0 aliphatic carbocycles.